The minimum Gasteiger partial charge on any atom is -0.302 e. The topological polar surface area (TPSA) is 94.8 Å². The van der Waals surface area contributed by atoms with Crippen molar-refractivity contribution in [3.05, 3.63) is 86.3 Å². The Morgan fingerprint density at radius 3 is 2.63 bits per heavy atom. The number of aromatic amines is 1. The van der Waals surface area contributed by atoms with Gasteiger partial charge in [-0.3, -0.25) is 14.3 Å². The first-order valence-corrected chi connectivity index (χ1v) is 11.3. The highest BCUT2D eigenvalue weighted by Crippen LogP contribution is 2.59. The summed E-state index contributed by atoms with van der Waals surface area (Å²) in [5.41, 5.74) is -0.134. The number of nitriles is 1. The number of rotatable bonds is 6. The van der Waals surface area contributed by atoms with Crippen molar-refractivity contribution in [1.82, 2.24) is 19.4 Å². The van der Waals surface area contributed by atoms with Crippen LogP contribution in [0.5, 0.6) is 0 Å². The SMILES string of the molecule is N#Cc1cccc(-c2cn(CCCN3CC4CC4(c4ccc(C(F)(F)F)cc4)C3)c(=O)[nH]c2=O)n1. The third-order valence-corrected chi connectivity index (χ3v) is 7.03. The molecule has 3 aromatic rings. The Balaban J connectivity index is 1.23. The summed E-state index contributed by atoms with van der Waals surface area (Å²) >= 11 is 0. The van der Waals surface area contributed by atoms with E-state index in [1.165, 1.54) is 16.8 Å². The number of aromatic nitrogens is 3. The van der Waals surface area contributed by atoms with Gasteiger partial charge in [-0.15, -0.1) is 0 Å². The van der Waals surface area contributed by atoms with Gasteiger partial charge >= 0.3 is 11.9 Å². The van der Waals surface area contributed by atoms with E-state index in [9.17, 15) is 22.8 Å². The predicted octanol–water partition coefficient (Wildman–Crippen LogP) is 3.15. The first-order valence-electron chi connectivity index (χ1n) is 11.3. The monoisotopic (exact) mass is 481 g/mol. The minimum atomic E-state index is -4.34. The molecule has 0 radical (unpaired) electrons. The van der Waals surface area contributed by atoms with E-state index >= 15 is 0 Å². The average Bonchev–Trinajstić information content (AvgIpc) is 3.41. The lowest BCUT2D eigenvalue weighted by Crippen LogP contribution is -2.32. The Morgan fingerprint density at radius 1 is 1.14 bits per heavy atom. The van der Waals surface area contributed by atoms with Crippen molar-refractivity contribution >= 4 is 0 Å². The maximum Gasteiger partial charge on any atom is 0.416 e. The number of H-pyrrole nitrogens is 1. The first kappa shape index (κ1) is 23.1. The van der Waals surface area contributed by atoms with E-state index in [0.717, 1.165) is 43.8 Å². The average molecular weight is 481 g/mol. The number of piperidine rings is 1. The van der Waals surface area contributed by atoms with Crippen LogP contribution in [0.3, 0.4) is 0 Å². The second-order valence-corrected chi connectivity index (χ2v) is 9.24. The normalized spacial score (nSPS) is 21.5. The van der Waals surface area contributed by atoms with Gasteiger partial charge in [0.1, 0.15) is 11.8 Å². The zero-order valence-corrected chi connectivity index (χ0v) is 18.7. The van der Waals surface area contributed by atoms with Gasteiger partial charge in [-0.2, -0.15) is 18.4 Å². The Labute approximate surface area is 198 Å². The molecular formula is C25H22F3N5O2. The van der Waals surface area contributed by atoms with E-state index in [2.05, 4.69) is 14.9 Å². The van der Waals surface area contributed by atoms with Crippen molar-refractivity contribution in [1.29, 1.82) is 5.26 Å². The van der Waals surface area contributed by atoms with Gasteiger partial charge < -0.3 is 4.90 Å². The molecule has 2 unspecified atom stereocenters. The van der Waals surface area contributed by atoms with Crippen molar-refractivity contribution in [2.45, 2.75) is 31.0 Å². The van der Waals surface area contributed by atoms with Gasteiger partial charge in [0.15, 0.2) is 0 Å². The number of nitrogens with one attached hydrogen (secondary N) is 1. The number of hydrogen-bond donors (Lipinski definition) is 1. The molecule has 1 aromatic carbocycles. The van der Waals surface area contributed by atoms with Gasteiger partial charge in [0.25, 0.3) is 5.56 Å². The molecule has 0 spiro atoms. The molecule has 2 aliphatic rings. The van der Waals surface area contributed by atoms with Gasteiger partial charge in [0.2, 0.25) is 0 Å². The summed E-state index contributed by atoms with van der Waals surface area (Å²) in [4.78, 5) is 33.3. The number of alkyl halides is 3. The highest BCUT2D eigenvalue weighted by molar-refractivity contribution is 5.57. The molecule has 1 aliphatic carbocycles. The lowest BCUT2D eigenvalue weighted by Gasteiger charge is -2.21. The molecule has 10 heteroatoms. The first-order chi connectivity index (χ1) is 16.7. The Morgan fingerprint density at radius 2 is 1.91 bits per heavy atom. The highest BCUT2D eigenvalue weighted by Gasteiger charge is 2.60. The number of nitrogens with zero attached hydrogens (tertiary/aromatic N) is 4. The smallest absolute Gasteiger partial charge is 0.302 e. The summed E-state index contributed by atoms with van der Waals surface area (Å²) in [6, 6.07) is 12.2. The van der Waals surface area contributed by atoms with Gasteiger partial charge in [0.05, 0.1) is 16.8 Å². The number of fused-ring (bicyclic) bond motifs is 1. The quantitative estimate of drug-likeness (QED) is 0.584. The molecule has 5 rings (SSSR count). The highest BCUT2D eigenvalue weighted by atomic mass is 19.4. The molecule has 0 amide bonds. The Kier molecular flexibility index (Phi) is 5.60. The molecule has 2 fully saturated rings. The number of pyridine rings is 1. The van der Waals surface area contributed by atoms with E-state index in [0.29, 0.717) is 24.6 Å². The molecular weight excluding hydrogens is 459 g/mol. The van der Waals surface area contributed by atoms with Crippen LogP contribution in [0.4, 0.5) is 13.2 Å². The van der Waals surface area contributed by atoms with Crippen molar-refractivity contribution in [3.8, 4) is 17.3 Å². The number of halogens is 3. The maximum absolute atomic E-state index is 12.9. The van der Waals surface area contributed by atoms with Crippen LogP contribution in [0.1, 0.15) is 29.7 Å². The van der Waals surface area contributed by atoms with Crippen LogP contribution in [0.25, 0.3) is 11.3 Å². The predicted molar refractivity (Wildman–Crippen MR) is 122 cm³/mol. The fourth-order valence-corrected chi connectivity index (χ4v) is 5.16. The van der Waals surface area contributed by atoms with Crippen molar-refractivity contribution < 1.29 is 13.2 Å². The van der Waals surface area contributed by atoms with Crippen LogP contribution in [0.2, 0.25) is 0 Å². The van der Waals surface area contributed by atoms with E-state index in [4.69, 9.17) is 5.26 Å². The summed E-state index contributed by atoms with van der Waals surface area (Å²) < 4.78 is 40.1. The molecule has 35 heavy (non-hydrogen) atoms. The Hall–Kier alpha value is -3.71. The number of likely N-dealkylation sites (tertiary alicyclic amines) is 1. The van der Waals surface area contributed by atoms with Crippen LogP contribution in [0, 0.1) is 17.2 Å². The van der Waals surface area contributed by atoms with Gasteiger partial charge in [-0.1, -0.05) is 18.2 Å². The standard InChI is InChI=1S/C25H22F3N5O2/c26-25(27,28)17-7-5-16(6-8-17)24-11-18(24)13-32(15-24)9-2-10-33-14-20(22(34)31-23(33)35)21-4-1-3-19(12-29)30-21/h1,3-8,14,18H,2,9-11,13,15H2,(H,31,34,35). The zero-order chi connectivity index (χ0) is 24.8. The van der Waals surface area contributed by atoms with Crippen LogP contribution < -0.4 is 11.2 Å². The summed E-state index contributed by atoms with van der Waals surface area (Å²) in [5, 5.41) is 9.05. The fourth-order valence-electron chi connectivity index (χ4n) is 5.16. The molecule has 3 heterocycles. The van der Waals surface area contributed by atoms with Crippen LogP contribution in [0.15, 0.2) is 58.3 Å². The zero-order valence-electron chi connectivity index (χ0n) is 18.7. The number of hydrogen-bond acceptors (Lipinski definition) is 5. The number of benzene rings is 1. The third kappa shape index (κ3) is 4.39. The minimum absolute atomic E-state index is 0.0798. The van der Waals surface area contributed by atoms with Gasteiger partial charge in [-0.05, 0) is 55.1 Å². The molecule has 7 nitrogen and oxygen atoms in total. The summed E-state index contributed by atoms with van der Waals surface area (Å²) in [7, 11) is 0. The van der Waals surface area contributed by atoms with Gasteiger partial charge in [-0.25, -0.2) is 9.78 Å². The summed E-state index contributed by atoms with van der Waals surface area (Å²) in [6.45, 7) is 2.76. The third-order valence-electron chi connectivity index (χ3n) is 7.03. The summed E-state index contributed by atoms with van der Waals surface area (Å²) in [6.07, 6.45) is -1.23. The lowest BCUT2D eigenvalue weighted by atomic mass is 9.94. The fraction of sp³-hybridized carbons (Fsp3) is 0.360. The summed E-state index contributed by atoms with van der Waals surface area (Å²) in [5.74, 6) is 0.431. The molecule has 1 saturated heterocycles. The van der Waals surface area contributed by atoms with E-state index in [1.807, 2.05) is 6.07 Å². The molecule has 1 saturated carbocycles. The Bertz CT molecular complexity index is 1420. The van der Waals surface area contributed by atoms with E-state index in [1.54, 1.807) is 24.3 Å². The van der Waals surface area contributed by atoms with Crippen molar-refractivity contribution in [2.75, 3.05) is 19.6 Å². The van der Waals surface area contributed by atoms with Gasteiger partial charge in [0, 0.05) is 31.2 Å². The molecule has 2 aromatic heterocycles. The largest absolute Gasteiger partial charge is 0.416 e. The molecule has 2 atom stereocenters. The van der Waals surface area contributed by atoms with Crippen LogP contribution >= 0.6 is 0 Å². The van der Waals surface area contributed by atoms with E-state index in [-0.39, 0.29) is 16.7 Å². The second-order valence-electron chi connectivity index (χ2n) is 9.24. The maximum atomic E-state index is 12.9. The number of aryl methyl sites for hydroxylation is 1. The van der Waals surface area contributed by atoms with Crippen LogP contribution in [-0.4, -0.2) is 39.1 Å². The molecule has 1 N–H and O–H groups in total. The van der Waals surface area contributed by atoms with Crippen molar-refractivity contribution in [2.24, 2.45) is 5.92 Å². The molecule has 0 bridgehead atoms. The second kappa shape index (κ2) is 8.50. The molecule has 180 valence electrons. The van der Waals surface area contributed by atoms with Crippen molar-refractivity contribution in [3.63, 3.8) is 0 Å². The lowest BCUT2D eigenvalue weighted by molar-refractivity contribution is -0.137. The van der Waals surface area contributed by atoms with E-state index < -0.39 is 23.0 Å². The van der Waals surface area contributed by atoms with Crippen LogP contribution in [-0.2, 0) is 18.1 Å². The molecule has 1 aliphatic heterocycles.